The van der Waals surface area contributed by atoms with Crippen molar-refractivity contribution in [3.8, 4) is 0 Å². The number of carbonyl (C=O) groups excluding carboxylic acids is 1. The van der Waals surface area contributed by atoms with Crippen LogP contribution in [0.4, 0.5) is 5.13 Å². The van der Waals surface area contributed by atoms with Gasteiger partial charge >= 0.3 is 0 Å². The van der Waals surface area contributed by atoms with Crippen LogP contribution in [0.5, 0.6) is 0 Å². The molecule has 0 spiro atoms. The minimum atomic E-state index is -3.79. The van der Waals surface area contributed by atoms with Crippen LogP contribution < -0.4 is 15.8 Å². The normalized spacial score (nSPS) is 11.1. The summed E-state index contributed by atoms with van der Waals surface area (Å²) < 4.78 is 25.1. The van der Waals surface area contributed by atoms with Gasteiger partial charge in [-0.15, -0.1) is 10.2 Å². The van der Waals surface area contributed by atoms with Gasteiger partial charge in [0.15, 0.2) is 0 Å². The number of hydrogen-bond acceptors (Lipinski definition) is 7. The van der Waals surface area contributed by atoms with Gasteiger partial charge in [0.25, 0.3) is 10.0 Å². The van der Waals surface area contributed by atoms with E-state index in [1.54, 1.807) is 0 Å². The van der Waals surface area contributed by atoms with E-state index in [4.69, 9.17) is 5.73 Å². The lowest BCUT2D eigenvalue weighted by Crippen LogP contribution is -2.32. The third-order valence-electron chi connectivity index (χ3n) is 1.36. The van der Waals surface area contributed by atoms with Crippen LogP contribution in [0.1, 0.15) is 6.92 Å². The fraction of sp³-hybridized carbons (Fsp3) is 0.333. The summed E-state index contributed by atoms with van der Waals surface area (Å²) in [5, 5.41) is 9.37. The fourth-order valence-electron chi connectivity index (χ4n) is 0.747. The Morgan fingerprint density at radius 2 is 2.18 bits per heavy atom. The van der Waals surface area contributed by atoms with Crippen LogP contribution in [0.15, 0.2) is 4.34 Å². The summed E-state index contributed by atoms with van der Waals surface area (Å²) in [5.74, 6) is -0.360. The summed E-state index contributed by atoms with van der Waals surface area (Å²) in [6, 6.07) is 0. The first kappa shape index (κ1) is 13.9. The predicted molar refractivity (Wildman–Crippen MR) is 66.2 cm³/mol. The lowest BCUT2D eigenvalue weighted by atomic mass is 10.7. The van der Waals surface area contributed by atoms with Crippen molar-refractivity contribution >= 4 is 49.6 Å². The standard InChI is InChI=1S/C6H9N5O3S3/c1-3(12)9-5-10-11-6(16-5)17(13,14)8-2-4(7)15/h8H,2H2,1H3,(H2,7,15)(H,9,10,12). The van der Waals surface area contributed by atoms with Gasteiger partial charge < -0.3 is 11.1 Å². The number of anilines is 1. The molecule has 0 saturated carbocycles. The molecule has 1 aromatic heterocycles. The first-order valence-electron chi connectivity index (χ1n) is 4.20. The van der Waals surface area contributed by atoms with Crippen LogP contribution in [0.25, 0.3) is 0 Å². The van der Waals surface area contributed by atoms with Crippen LogP contribution in [0.3, 0.4) is 0 Å². The maximum atomic E-state index is 11.6. The molecule has 94 valence electrons. The molecule has 0 bridgehead atoms. The molecular formula is C6H9N5O3S3. The molecule has 4 N–H and O–H groups in total. The van der Waals surface area contributed by atoms with Gasteiger partial charge in [0.2, 0.25) is 15.4 Å². The fourth-order valence-corrected chi connectivity index (χ4v) is 2.90. The van der Waals surface area contributed by atoms with Crippen molar-refractivity contribution in [1.82, 2.24) is 14.9 Å². The van der Waals surface area contributed by atoms with Crippen molar-refractivity contribution in [1.29, 1.82) is 0 Å². The van der Waals surface area contributed by atoms with Crippen LogP contribution in [0.2, 0.25) is 0 Å². The summed E-state index contributed by atoms with van der Waals surface area (Å²) in [6.45, 7) is 1.12. The van der Waals surface area contributed by atoms with Gasteiger partial charge in [-0.2, -0.15) is 0 Å². The number of amides is 1. The van der Waals surface area contributed by atoms with Crippen molar-refractivity contribution in [2.75, 3.05) is 11.9 Å². The average Bonchev–Trinajstić information content (AvgIpc) is 2.63. The Balaban J connectivity index is 2.81. The number of rotatable bonds is 5. The molecule has 1 aromatic rings. The molecule has 0 radical (unpaired) electrons. The van der Waals surface area contributed by atoms with E-state index in [1.807, 2.05) is 0 Å². The maximum Gasteiger partial charge on any atom is 0.270 e. The van der Waals surface area contributed by atoms with E-state index in [0.717, 1.165) is 11.3 Å². The molecule has 8 nitrogen and oxygen atoms in total. The van der Waals surface area contributed by atoms with Crippen molar-refractivity contribution in [2.24, 2.45) is 5.73 Å². The number of nitrogens with zero attached hydrogens (tertiary/aromatic N) is 2. The summed E-state index contributed by atoms with van der Waals surface area (Å²) in [5.41, 5.74) is 5.16. The van der Waals surface area contributed by atoms with Gasteiger partial charge in [-0.1, -0.05) is 23.6 Å². The highest BCUT2D eigenvalue weighted by molar-refractivity contribution is 7.91. The minimum absolute atomic E-state index is 0.0141. The number of nitrogens with two attached hydrogens (primary N) is 1. The molecule has 1 heterocycles. The molecule has 0 unspecified atom stereocenters. The van der Waals surface area contributed by atoms with Crippen LogP contribution in [-0.2, 0) is 14.8 Å². The van der Waals surface area contributed by atoms with Crippen molar-refractivity contribution < 1.29 is 13.2 Å². The number of sulfonamides is 1. The van der Waals surface area contributed by atoms with E-state index in [2.05, 4.69) is 32.5 Å². The number of carbonyl (C=O) groups is 1. The summed E-state index contributed by atoms with van der Waals surface area (Å²) in [7, 11) is -3.79. The SMILES string of the molecule is CC(=O)Nc1nnc(S(=O)(=O)NCC(N)=S)s1. The van der Waals surface area contributed by atoms with Crippen molar-refractivity contribution in [3.05, 3.63) is 0 Å². The van der Waals surface area contributed by atoms with Gasteiger partial charge in [-0.05, 0) is 0 Å². The number of thiocarbonyl (C=S) groups is 1. The third-order valence-corrected chi connectivity index (χ3v) is 4.11. The molecule has 0 aliphatic heterocycles. The summed E-state index contributed by atoms with van der Waals surface area (Å²) in [4.78, 5) is 10.7. The second-order valence-electron chi connectivity index (χ2n) is 2.85. The average molecular weight is 295 g/mol. The largest absolute Gasteiger partial charge is 0.392 e. The molecule has 0 saturated heterocycles. The van der Waals surface area contributed by atoms with Crippen LogP contribution >= 0.6 is 23.6 Å². The van der Waals surface area contributed by atoms with E-state index >= 15 is 0 Å². The third kappa shape index (κ3) is 4.30. The number of hydrogen-bond donors (Lipinski definition) is 3. The Morgan fingerprint density at radius 3 is 2.71 bits per heavy atom. The molecule has 0 atom stereocenters. The van der Waals surface area contributed by atoms with Gasteiger partial charge in [0, 0.05) is 6.92 Å². The van der Waals surface area contributed by atoms with E-state index in [9.17, 15) is 13.2 Å². The van der Waals surface area contributed by atoms with Gasteiger partial charge in [-0.3, -0.25) is 4.79 Å². The topological polar surface area (TPSA) is 127 Å². The smallest absolute Gasteiger partial charge is 0.270 e. The summed E-state index contributed by atoms with van der Waals surface area (Å²) in [6.07, 6.45) is 0. The molecule has 1 rings (SSSR count). The van der Waals surface area contributed by atoms with E-state index < -0.39 is 10.0 Å². The zero-order chi connectivity index (χ0) is 13.1. The Bertz CT molecular complexity index is 537. The Hall–Kier alpha value is -1.17. The quantitative estimate of drug-likeness (QED) is 0.472. The monoisotopic (exact) mass is 295 g/mol. The first-order chi connectivity index (χ1) is 7.81. The van der Waals surface area contributed by atoms with Crippen LogP contribution in [-0.4, -0.2) is 36.1 Å². The molecule has 0 aliphatic carbocycles. The van der Waals surface area contributed by atoms with E-state index in [0.29, 0.717) is 0 Å². The molecule has 11 heteroatoms. The van der Waals surface area contributed by atoms with E-state index in [1.165, 1.54) is 6.92 Å². The van der Waals surface area contributed by atoms with Gasteiger partial charge in [0.05, 0.1) is 11.5 Å². The zero-order valence-corrected chi connectivity index (χ0v) is 11.1. The van der Waals surface area contributed by atoms with Crippen LogP contribution in [0, 0.1) is 0 Å². The highest BCUT2D eigenvalue weighted by Crippen LogP contribution is 2.19. The molecule has 1 amide bonds. The first-order valence-corrected chi connectivity index (χ1v) is 6.91. The molecular weight excluding hydrogens is 286 g/mol. The van der Waals surface area contributed by atoms with Gasteiger partial charge in [-0.25, -0.2) is 13.1 Å². The van der Waals surface area contributed by atoms with Crippen molar-refractivity contribution in [2.45, 2.75) is 11.3 Å². The lowest BCUT2D eigenvalue weighted by molar-refractivity contribution is -0.114. The second kappa shape index (κ2) is 5.44. The van der Waals surface area contributed by atoms with Gasteiger partial charge in [0.1, 0.15) is 0 Å². The number of aromatic nitrogens is 2. The number of nitrogens with one attached hydrogen (secondary N) is 2. The Labute approximate surface area is 107 Å². The maximum absolute atomic E-state index is 11.6. The Kier molecular flexibility index (Phi) is 4.45. The highest BCUT2D eigenvalue weighted by Gasteiger charge is 2.20. The lowest BCUT2D eigenvalue weighted by Gasteiger charge is -2.00. The molecule has 0 aromatic carbocycles. The second-order valence-corrected chi connectivity index (χ2v) is 6.29. The Morgan fingerprint density at radius 1 is 1.53 bits per heavy atom. The highest BCUT2D eigenvalue weighted by atomic mass is 32.2. The minimum Gasteiger partial charge on any atom is -0.392 e. The molecule has 0 aliphatic rings. The molecule has 17 heavy (non-hydrogen) atoms. The molecule has 0 fully saturated rings. The predicted octanol–water partition coefficient (Wildman–Crippen LogP) is -0.939. The van der Waals surface area contributed by atoms with E-state index in [-0.39, 0.29) is 26.9 Å². The zero-order valence-electron chi connectivity index (χ0n) is 8.63. The van der Waals surface area contributed by atoms with Crippen molar-refractivity contribution in [3.63, 3.8) is 0 Å². The summed E-state index contributed by atoms with van der Waals surface area (Å²) >= 11 is 5.27.